The lowest BCUT2D eigenvalue weighted by molar-refractivity contribution is 0.242. The summed E-state index contributed by atoms with van der Waals surface area (Å²) in [4.78, 5) is 7.83. The van der Waals surface area contributed by atoms with Crippen LogP contribution in [0.2, 0.25) is 0 Å². The smallest absolute Gasteiger partial charge is 0.174 e. The van der Waals surface area contributed by atoms with E-state index < -0.39 is 0 Å². The van der Waals surface area contributed by atoms with Crippen molar-refractivity contribution in [2.45, 2.75) is 42.0 Å². The first kappa shape index (κ1) is 22.5. The van der Waals surface area contributed by atoms with E-state index in [9.17, 15) is 0 Å². The second kappa shape index (κ2) is 9.91. The van der Waals surface area contributed by atoms with Gasteiger partial charge < -0.3 is 19.4 Å². The van der Waals surface area contributed by atoms with Gasteiger partial charge in [-0.15, -0.1) is 0 Å². The van der Waals surface area contributed by atoms with E-state index in [1.165, 1.54) is 0 Å². The Balaban J connectivity index is 1.50. The molecule has 1 fully saturated rings. The van der Waals surface area contributed by atoms with Crippen molar-refractivity contribution in [1.29, 1.82) is 0 Å². The maximum atomic E-state index is 6.37. The van der Waals surface area contributed by atoms with Gasteiger partial charge in [0.15, 0.2) is 10.2 Å². The first-order chi connectivity index (χ1) is 16.6. The molecule has 0 radical (unpaired) electrons. The highest BCUT2D eigenvalue weighted by Crippen LogP contribution is 2.43. The van der Waals surface area contributed by atoms with Crippen molar-refractivity contribution in [2.24, 2.45) is 0 Å². The largest absolute Gasteiger partial charge is 0.491 e. The molecule has 2 aromatic carbocycles. The number of hydrogen-bond acceptors (Lipinski definition) is 5. The van der Waals surface area contributed by atoms with Crippen molar-refractivity contribution in [2.75, 3.05) is 4.90 Å². The Morgan fingerprint density at radius 2 is 1.74 bits per heavy atom. The number of anilines is 1. The minimum absolute atomic E-state index is 0.116. The number of rotatable bonds is 7. The maximum Gasteiger partial charge on any atom is 0.174 e. The Labute approximate surface area is 209 Å². The standard InChI is InChI=1S/C27H25N3O2S2/c1-18(2)31-20-13-11-19(12-14-20)30-26(25(29-27(30)33)22-10-6-7-17-28-22)23-15-16-24(32-23)34-21-8-4-3-5-9-21/h3-18,25-26H,1-2H3,(H,29,33)/t25-,26+/m0/s1. The number of benzene rings is 2. The SMILES string of the molecule is CC(C)Oc1ccc(N2C(=S)N[C@@H](c3ccccn3)[C@H]2c2ccc(Sc3ccccc3)o2)cc1. The van der Waals surface area contributed by atoms with E-state index in [1.54, 1.807) is 18.0 Å². The lowest BCUT2D eigenvalue weighted by atomic mass is 10.0. The van der Waals surface area contributed by atoms with Gasteiger partial charge >= 0.3 is 0 Å². The molecule has 0 amide bonds. The summed E-state index contributed by atoms with van der Waals surface area (Å²) in [5.41, 5.74) is 1.87. The molecule has 0 bridgehead atoms. The third kappa shape index (κ3) is 4.81. The van der Waals surface area contributed by atoms with Gasteiger partial charge in [-0.25, -0.2) is 0 Å². The Morgan fingerprint density at radius 3 is 2.44 bits per heavy atom. The van der Waals surface area contributed by atoms with Crippen molar-refractivity contribution in [1.82, 2.24) is 10.3 Å². The minimum Gasteiger partial charge on any atom is -0.491 e. The summed E-state index contributed by atoms with van der Waals surface area (Å²) in [6, 6.07) is 27.8. The van der Waals surface area contributed by atoms with Crippen molar-refractivity contribution < 1.29 is 9.15 Å². The lowest BCUT2D eigenvalue weighted by Crippen LogP contribution is -2.29. The van der Waals surface area contributed by atoms with E-state index in [2.05, 4.69) is 27.3 Å². The van der Waals surface area contributed by atoms with Crippen molar-refractivity contribution in [3.63, 3.8) is 0 Å². The highest BCUT2D eigenvalue weighted by atomic mass is 32.2. The number of thiocarbonyl (C=S) groups is 1. The Bertz CT molecular complexity index is 1240. The molecule has 3 heterocycles. The monoisotopic (exact) mass is 487 g/mol. The van der Waals surface area contributed by atoms with Crippen LogP contribution < -0.4 is 15.0 Å². The Morgan fingerprint density at radius 1 is 0.971 bits per heavy atom. The molecule has 34 heavy (non-hydrogen) atoms. The van der Waals surface area contributed by atoms with Crippen LogP contribution in [0.15, 0.2) is 106 Å². The molecule has 0 aliphatic carbocycles. The van der Waals surface area contributed by atoms with E-state index in [0.29, 0.717) is 5.11 Å². The summed E-state index contributed by atoms with van der Waals surface area (Å²) < 4.78 is 12.2. The van der Waals surface area contributed by atoms with Crippen molar-refractivity contribution in [3.8, 4) is 5.75 Å². The fourth-order valence-corrected chi connectivity index (χ4v) is 5.18. The zero-order chi connectivity index (χ0) is 23.5. The van der Waals surface area contributed by atoms with Gasteiger partial charge in [-0.2, -0.15) is 0 Å². The van der Waals surface area contributed by atoms with Crippen LogP contribution in [0, 0.1) is 0 Å². The average Bonchev–Trinajstić information content (AvgIpc) is 3.44. The van der Waals surface area contributed by atoms with Crippen LogP contribution in [0.4, 0.5) is 5.69 Å². The van der Waals surface area contributed by atoms with Crippen LogP contribution in [0.3, 0.4) is 0 Å². The highest BCUT2D eigenvalue weighted by Gasteiger charge is 2.42. The van der Waals surface area contributed by atoms with Crippen LogP contribution in [0.1, 0.15) is 37.4 Å². The fraction of sp³-hybridized carbons (Fsp3) is 0.185. The van der Waals surface area contributed by atoms with Gasteiger partial charge in [0.2, 0.25) is 0 Å². The molecular weight excluding hydrogens is 462 g/mol. The minimum atomic E-state index is -0.190. The molecule has 5 nitrogen and oxygen atoms in total. The number of nitrogens with zero attached hydrogens (tertiary/aromatic N) is 2. The van der Waals surface area contributed by atoms with E-state index >= 15 is 0 Å². The van der Waals surface area contributed by atoms with Gasteiger partial charge in [-0.05, 0) is 86.7 Å². The number of nitrogens with one attached hydrogen (secondary N) is 1. The summed E-state index contributed by atoms with van der Waals surface area (Å²) in [6.45, 7) is 4.03. The number of pyridine rings is 1. The molecule has 1 saturated heterocycles. The van der Waals surface area contributed by atoms with Gasteiger partial charge in [0.1, 0.15) is 17.6 Å². The summed E-state index contributed by atoms with van der Waals surface area (Å²) in [5, 5.41) is 4.93. The van der Waals surface area contributed by atoms with Gasteiger partial charge in [-0.1, -0.05) is 36.0 Å². The zero-order valence-corrected chi connectivity index (χ0v) is 20.6. The molecule has 7 heteroatoms. The molecule has 0 unspecified atom stereocenters. The molecular formula is C27H25N3O2S2. The van der Waals surface area contributed by atoms with Crippen molar-refractivity contribution >= 4 is 34.8 Å². The lowest BCUT2D eigenvalue weighted by Gasteiger charge is -2.26. The second-order valence-corrected chi connectivity index (χ2v) is 9.69. The van der Waals surface area contributed by atoms with Crippen LogP contribution in [0.5, 0.6) is 5.75 Å². The molecule has 1 aliphatic heterocycles. The number of furan rings is 1. The Hall–Kier alpha value is -3.29. The van der Waals surface area contributed by atoms with Crippen LogP contribution in [-0.2, 0) is 0 Å². The second-order valence-electron chi connectivity index (χ2n) is 8.23. The predicted octanol–water partition coefficient (Wildman–Crippen LogP) is 6.79. The molecule has 172 valence electrons. The van der Waals surface area contributed by atoms with Crippen molar-refractivity contribution in [3.05, 3.63) is 103 Å². The van der Waals surface area contributed by atoms with Gasteiger partial charge in [-0.3, -0.25) is 4.98 Å². The summed E-state index contributed by atoms with van der Waals surface area (Å²) in [6.07, 6.45) is 1.92. The summed E-state index contributed by atoms with van der Waals surface area (Å²) >= 11 is 7.40. The number of hydrogen-bond donors (Lipinski definition) is 1. The molecule has 0 spiro atoms. The van der Waals surface area contributed by atoms with Gasteiger partial charge in [0, 0.05) is 16.8 Å². The average molecular weight is 488 g/mol. The number of aromatic nitrogens is 1. The van der Waals surface area contributed by atoms with E-state index in [1.807, 2.05) is 86.6 Å². The highest BCUT2D eigenvalue weighted by molar-refractivity contribution is 7.99. The molecule has 5 rings (SSSR count). The van der Waals surface area contributed by atoms with E-state index in [-0.39, 0.29) is 18.2 Å². The third-order valence-corrected chi connectivity index (χ3v) is 6.68. The quantitative estimate of drug-likeness (QED) is 0.288. The Kier molecular flexibility index (Phi) is 6.56. The van der Waals surface area contributed by atoms with Gasteiger partial charge in [0.25, 0.3) is 0 Å². The topological polar surface area (TPSA) is 50.5 Å². The molecule has 4 aromatic rings. The normalized spacial score (nSPS) is 17.7. The third-order valence-electron chi connectivity index (χ3n) is 5.44. The molecule has 1 aliphatic rings. The summed E-state index contributed by atoms with van der Waals surface area (Å²) in [7, 11) is 0. The zero-order valence-electron chi connectivity index (χ0n) is 18.9. The molecule has 1 N–H and O–H groups in total. The van der Waals surface area contributed by atoms with Crippen LogP contribution >= 0.6 is 24.0 Å². The first-order valence-electron chi connectivity index (χ1n) is 11.2. The van der Waals surface area contributed by atoms with Crippen LogP contribution in [-0.4, -0.2) is 16.2 Å². The molecule has 2 atom stereocenters. The van der Waals surface area contributed by atoms with Crippen LogP contribution in [0.25, 0.3) is 0 Å². The van der Waals surface area contributed by atoms with E-state index in [0.717, 1.165) is 32.9 Å². The number of ether oxygens (including phenoxy) is 1. The molecule has 2 aromatic heterocycles. The molecule has 0 saturated carbocycles. The van der Waals surface area contributed by atoms with Gasteiger partial charge in [0.05, 0.1) is 17.8 Å². The maximum absolute atomic E-state index is 6.37. The van der Waals surface area contributed by atoms with E-state index in [4.69, 9.17) is 21.4 Å². The first-order valence-corrected chi connectivity index (χ1v) is 12.4. The predicted molar refractivity (Wildman–Crippen MR) is 139 cm³/mol. The fourth-order valence-electron chi connectivity index (χ4n) is 4.03. The summed E-state index contributed by atoms with van der Waals surface area (Å²) in [5.74, 6) is 1.65.